The van der Waals surface area contributed by atoms with Gasteiger partial charge in [0, 0.05) is 6.04 Å². The van der Waals surface area contributed by atoms with Gasteiger partial charge in [-0.2, -0.15) is 13.2 Å². The zero-order valence-electron chi connectivity index (χ0n) is 20.6. The molecule has 0 radical (unpaired) electrons. The molecule has 2 unspecified atom stereocenters. The highest BCUT2D eigenvalue weighted by molar-refractivity contribution is 7.91. The number of hydrogen-bond donors (Lipinski definition) is 5. The molecule has 2 aromatic rings. The SMILES string of the molecule is O=C(O)Nc1ccc(C(F)(F)F)cc1C(=O)NCC(=O)NC1CCCCC1CS(=O)(=O)c1ccc(CO)cc1. The molecule has 1 aliphatic carbocycles. The molecule has 0 aliphatic heterocycles. The number of benzene rings is 2. The molecule has 0 spiro atoms. The van der Waals surface area contributed by atoms with E-state index >= 15 is 0 Å². The third-order valence-electron chi connectivity index (χ3n) is 6.40. The standard InChI is InChI=1S/C25H28F3N3O7S/c26-25(27,28)17-7-10-21(31-24(35)36)19(11-17)23(34)29-12-22(33)30-20-4-2-1-3-16(20)14-39(37,38)18-8-5-15(13-32)6-9-18/h5-11,16,20,31-32H,1-4,12-14H2,(H,29,34)(H,30,33)(H,35,36). The lowest BCUT2D eigenvalue weighted by Gasteiger charge is -2.32. The summed E-state index contributed by atoms with van der Waals surface area (Å²) >= 11 is 0. The fourth-order valence-corrected chi connectivity index (χ4v) is 6.13. The second kappa shape index (κ2) is 12.5. The number of anilines is 1. The lowest BCUT2D eigenvalue weighted by Crippen LogP contribution is -2.47. The van der Waals surface area contributed by atoms with E-state index in [1.807, 2.05) is 5.32 Å². The molecule has 3 amide bonds. The number of aliphatic hydroxyl groups is 1. The van der Waals surface area contributed by atoms with Crippen molar-refractivity contribution in [3.8, 4) is 0 Å². The highest BCUT2D eigenvalue weighted by Crippen LogP contribution is 2.32. The van der Waals surface area contributed by atoms with Crippen LogP contribution in [0.4, 0.5) is 23.7 Å². The Labute approximate surface area is 222 Å². The summed E-state index contributed by atoms with van der Waals surface area (Å²) in [4.78, 5) is 36.3. The first-order valence-corrected chi connectivity index (χ1v) is 13.7. The van der Waals surface area contributed by atoms with E-state index in [1.165, 1.54) is 24.3 Å². The van der Waals surface area contributed by atoms with Crippen molar-refractivity contribution in [1.29, 1.82) is 0 Å². The molecule has 1 saturated carbocycles. The number of carbonyl (C=O) groups is 3. The number of alkyl halides is 3. The quantitative estimate of drug-likeness (QED) is 0.309. The maximum atomic E-state index is 13.1. The van der Waals surface area contributed by atoms with Gasteiger partial charge in [-0.25, -0.2) is 13.2 Å². The lowest BCUT2D eigenvalue weighted by molar-refractivity contribution is -0.137. The number of aliphatic hydroxyl groups excluding tert-OH is 1. The number of halogens is 3. The number of nitrogens with one attached hydrogen (secondary N) is 3. The van der Waals surface area contributed by atoms with Crippen LogP contribution in [0.3, 0.4) is 0 Å². The molecule has 1 aliphatic rings. The first kappa shape index (κ1) is 29.9. The van der Waals surface area contributed by atoms with Crippen LogP contribution >= 0.6 is 0 Å². The summed E-state index contributed by atoms with van der Waals surface area (Å²) in [6, 6.07) is 7.24. The summed E-state index contributed by atoms with van der Waals surface area (Å²) in [5.74, 6) is -2.41. The molecular weight excluding hydrogens is 543 g/mol. The third kappa shape index (κ3) is 8.17. The number of carbonyl (C=O) groups excluding carboxylic acids is 2. The van der Waals surface area contributed by atoms with Gasteiger partial charge in [-0.15, -0.1) is 0 Å². The molecule has 2 aromatic carbocycles. The monoisotopic (exact) mass is 571 g/mol. The Morgan fingerprint density at radius 1 is 1.00 bits per heavy atom. The summed E-state index contributed by atoms with van der Waals surface area (Å²) in [7, 11) is -3.70. The molecular formula is C25H28F3N3O7S. The topological polar surface area (TPSA) is 162 Å². The first-order valence-electron chi connectivity index (χ1n) is 12.0. The predicted molar refractivity (Wildman–Crippen MR) is 134 cm³/mol. The van der Waals surface area contributed by atoms with Crippen molar-refractivity contribution in [2.24, 2.45) is 5.92 Å². The lowest BCUT2D eigenvalue weighted by atomic mass is 9.86. The van der Waals surface area contributed by atoms with Crippen LogP contribution in [0.2, 0.25) is 0 Å². The van der Waals surface area contributed by atoms with E-state index in [4.69, 9.17) is 10.2 Å². The molecule has 0 bridgehead atoms. The molecule has 39 heavy (non-hydrogen) atoms. The van der Waals surface area contributed by atoms with Crippen molar-refractivity contribution >= 4 is 33.4 Å². The van der Waals surface area contributed by atoms with Gasteiger partial charge < -0.3 is 20.8 Å². The Balaban J connectivity index is 1.66. The Morgan fingerprint density at radius 3 is 2.28 bits per heavy atom. The Kier molecular flexibility index (Phi) is 9.56. The largest absolute Gasteiger partial charge is 0.465 e. The summed E-state index contributed by atoms with van der Waals surface area (Å²) in [5, 5.41) is 24.8. The predicted octanol–water partition coefficient (Wildman–Crippen LogP) is 3.17. The van der Waals surface area contributed by atoms with Gasteiger partial charge in [0.05, 0.1) is 40.6 Å². The van der Waals surface area contributed by atoms with E-state index < -0.39 is 69.2 Å². The average molecular weight is 572 g/mol. The number of sulfone groups is 1. The fraction of sp³-hybridized carbons (Fsp3) is 0.400. The second-order valence-corrected chi connectivity index (χ2v) is 11.2. The van der Waals surface area contributed by atoms with Crippen LogP contribution in [-0.4, -0.2) is 54.9 Å². The van der Waals surface area contributed by atoms with Gasteiger partial charge in [-0.3, -0.25) is 14.9 Å². The van der Waals surface area contributed by atoms with E-state index in [1.54, 1.807) is 0 Å². The summed E-state index contributed by atoms with van der Waals surface area (Å²) in [5.41, 5.74) is -1.62. The number of hydrogen-bond acceptors (Lipinski definition) is 6. The zero-order chi connectivity index (χ0) is 28.8. The molecule has 1 fully saturated rings. The van der Waals surface area contributed by atoms with Crippen molar-refractivity contribution in [1.82, 2.24) is 10.6 Å². The first-order chi connectivity index (χ1) is 18.3. The maximum absolute atomic E-state index is 13.1. The van der Waals surface area contributed by atoms with Crippen molar-refractivity contribution < 1.29 is 46.2 Å². The highest BCUT2D eigenvalue weighted by atomic mass is 32.2. The van der Waals surface area contributed by atoms with Gasteiger partial charge in [0.2, 0.25) is 5.91 Å². The van der Waals surface area contributed by atoms with Gasteiger partial charge in [-0.1, -0.05) is 25.0 Å². The van der Waals surface area contributed by atoms with E-state index in [2.05, 4.69) is 10.6 Å². The van der Waals surface area contributed by atoms with E-state index in [9.17, 15) is 36.0 Å². The zero-order valence-corrected chi connectivity index (χ0v) is 21.4. The van der Waals surface area contributed by atoms with E-state index in [0.29, 0.717) is 30.5 Å². The molecule has 5 N–H and O–H groups in total. The van der Waals surface area contributed by atoms with Gasteiger partial charge in [-0.05, 0) is 54.7 Å². The number of carboxylic acid groups (broad SMARTS) is 1. The second-order valence-electron chi connectivity index (χ2n) is 9.17. The van der Waals surface area contributed by atoms with Crippen LogP contribution in [0.15, 0.2) is 47.4 Å². The highest BCUT2D eigenvalue weighted by Gasteiger charge is 2.33. The van der Waals surface area contributed by atoms with Crippen LogP contribution in [-0.2, 0) is 27.4 Å². The molecule has 212 valence electrons. The van der Waals surface area contributed by atoms with Crippen LogP contribution in [0.1, 0.15) is 47.2 Å². The summed E-state index contributed by atoms with van der Waals surface area (Å²) < 4.78 is 65.2. The Hall–Kier alpha value is -3.65. The molecule has 3 rings (SSSR count). The van der Waals surface area contributed by atoms with E-state index in [-0.39, 0.29) is 17.3 Å². The van der Waals surface area contributed by atoms with Crippen LogP contribution in [0.5, 0.6) is 0 Å². The van der Waals surface area contributed by atoms with Crippen LogP contribution in [0, 0.1) is 5.92 Å². The van der Waals surface area contributed by atoms with E-state index in [0.717, 1.165) is 18.9 Å². The van der Waals surface area contributed by atoms with Crippen molar-refractivity contribution in [2.45, 2.75) is 49.4 Å². The van der Waals surface area contributed by atoms with Crippen molar-refractivity contribution in [2.75, 3.05) is 17.6 Å². The normalized spacial score (nSPS) is 17.7. The minimum Gasteiger partial charge on any atom is -0.465 e. The van der Waals surface area contributed by atoms with Crippen LogP contribution < -0.4 is 16.0 Å². The van der Waals surface area contributed by atoms with Crippen LogP contribution in [0.25, 0.3) is 0 Å². The van der Waals surface area contributed by atoms with Crippen molar-refractivity contribution in [3.05, 3.63) is 59.2 Å². The Bertz CT molecular complexity index is 1320. The minimum atomic E-state index is -4.79. The average Bonchev–Trinajstić information content (AvgIpc) is 2.87. The molecule has 0 aromatic heterocycles. The molecule has 2 atom stereocenters. The third-order valence-corrected chi connectivity index (χ3v) is 8.25. The smallest absolute Gasteiger partial charge is 0.416 e. The van der Waals surface area contributed by atoms with Gasteiger partial charge in [0.1, 0.15) is 0 Å². The molecule has 0 heterocycles. The number of rotatable bonds is 9. The van der Waals surface area contributed by atoms with Crippen molar-refractivity contribution in [3.63, 3.8) is 0 Å². The number of amides is 3. The van der Waals surface area contributed by atoms with Gasteiger partial charge in [0.15, 0.2) is 9.84 Å². The van der Waals surface area contributed by atoms with Gasteiger partial charge in [0.25, 0.3) is 5.91 Å². The molecule has 10 nitrogen and oxygen atoms in total. The molecule has 14 heteroatoms. The maximum Gasteiger partial charge on any atom is 0.416 e. The fourth-order valence-electron chi connectivity index (χ4n) is 4.42. The summed E-state index contributed by atoms with van der Waals surface area (Å²) in [6.45, 7) is -0.848. The Morgan fingerprint density at radius 2 is 1.67 bits per heavy atom. The minimum absolute atomic E-state index is 0.0921. The van der Waals surface area contributed by atoms with Gasteiger partial charge >= 0.3 is 12.3 Å². The molecule has 0 saturated heterocycles. The summed E-state index contributed by atoms with van der Waals surface area (Å²) in [6.07, 6.45) is -3.83.